The van der Waals surface area contributed by atoms with Gasteiger partial charge in [0.2, 0.25) is 5.95 Å². The molecule has 0 fully saturated rings. The third kappa shape index (κ3) is 3.32. The standard InChI is InChI=1S/C11H11BrClN5/c12-8-3-1-2-7(4-8)5-15-10-9(13)6-16-11(17-10)18-14/h1-4,6H,5,14H2,(H2,15,16,17,18). The average molecular weight is 329 g/mol. The number of benzene rings is 1. The van der Waals surface area contributed by atoms with Gasteiger partial charge in [0.05, 0.1) is 6.20 Å². The van der Waals surface area contributed by atoms with E-state index in [2.05, 4.69) is 36.6 Å². The number of halogens is 2. The fourth-order valence-electron chi connectivity index (χ4n) is 1.39. The maximum absolute atomic E-state index is 5.99. The summed E-state index contributed by atoms with van der Waals surface area (Å²) in [6.07, 6.45) is 1.49. The number of hydrazine groups is 1. The number of nitrogens with two attached hydrogens (primary N) is 1. The number of hydrogen-bond acceptors (Lipinski definition) is 5. The van der Waals surface area contributed by atoms with Gasteiger partial charge in [-0.15, -0.1) is 0 Å². The second-order valence-electron chi connectivity index (χ2n) is 3.52. The molecule has 0 aliphatic carbocycles. The van der Waals surface area contributed by atoms with E-state index in [-0.39, 0.29) is 0 Å². The number of aromatic nitrogens is 2. The van der Waals surface area contributed by atoms with Crippen molar-refractivity contribution >= 4 is 39.3 Å². The molecule has 0 amide bonds. The number of hydrogen-bond donors (Lipinski definition) is 3. The lowest BCUT2D eigenvalue weighted by atomic mass is 10.2. The molecule has 0 unspecified atom stereocenters. The Bertz CT molecular complexity index is 549. The van der Waals surface area contributed by atoms with E-state index in [9.17, 15) is 0 Å². The summed E-state index contributed by atoms with van der Waals surface area (Å²) in [4.78, 5) is 8.03. The summed E-state index contributed by atoms with van der Waals surface area (Å²) in [6, 6.07) is 7.96. The lowest BCUT2D eigenvalue weighted by Crippen LogP contribution is -2.12. The van der Waals surface area contributed by atoms with Gasteiger partial charge < -0.3 is 5.32 Å². The van der Waals surface area contributed by atoms with Gasteiger partial charge in [-0.05, 0) is 17.7 Å². The first kappa shape index (κ1) is 13.1. The number of nitrogens with one attached hydrogen (secondary N) is 2. The summed E-state index contributed by atoms with van der Waals surface area (Å²) >= 11 is 9.40. The van der Waals surface area contributed by atoms with Crippen LogP contribution in [0.1, 0.15) is 5.56 Å². The lowest BCUT2D eigenvalue weighted by Gasteiger charge is -2.08. The maximum atomic E-state index is 5.99. The van der Waals surface area contributed by atoms with E-state index in [1.165, 1.54) is 6.20 Å². The zero-order valence-electron chi connectivity index (χ0n) is 9.32. The molecule has 0 aliphatic rings. The van der Waals surface area contributed by atoms with Crippen LogP contribution in [-0.2, 0) is 6.54 Å². The Morgan fingerprint density at radius 1 is 1.39 bits per heavy atom. The van der Waals surface area contributed by atoms with Crippen LogP contribution >= 0.6 is 27.5 Å². The SMILES string of the molecule is NNc1ncc(Cl)c(NCc2cccc(Br)c2)n1. The van der Waals surface area contributed by atoms with Crippen LogP contribution < -0.4 is 16.6 Å². The zero-order chi connectivity index (χ0) is 13.0. The lowest BCUT2D eigenvalue weighted by molar-refractivity contribution is 1.07. The molecule has 0 bridgehead atoms. The predicted octanol–water partition coefficient (Wildman–Crippen LogP) is 2.79. The van der Waals surface area contributed by atoms with E-state index in [4.69, 9.17) is 17.4 Å². The molecular weight excluding hydrogens is 318 g/mol. The van der Waals surface area contributed by atoms with Gasteiger partial charge in [-0.3, -0.25) is 5.43 Å². The van der Waals surface area contributed by atoms with Crippen LogP contribution in [-0.4, -0.2) is 9.97 Å². The molecule has 0 aliphatic heterocycles. The predicted molar refractivity (Wildman–Crippen MR) is 76.3 cm³/mol. The maximum Gasteiger partial charge on any atom is 0.239 e. The van der Waals surface area contributed by atoms with E-state index in [0.29, 0.717) is 23.3 Å². The summed E-state index contributed by atoms with van der Waals surface area (Å²) in [6.45, 7) is 0.611. The van der Waals surface area contributed by atoms with Gasteiger partial charge in [0.25, 0.3) is 0 Å². The van der Waals surface area contributed by atoms with Crippen LogP contribution in [0.15, 0.2) is 34.9 Å². The van der Waals surface area contributed by atoms with Crippen LogP contribution in [0.2, 0.25) is 5.02 Å². The Kier molecular flexibility index (Phi) is 4.35. The van der Waals surface area contributed by atoms with Gasteiger partial charge in [0.1, 0.15) is 5.02 Å². The number of anilines is 2. The van der Waals surface area contributed by atoms with Gasteiger partial charge in [-0.2, -0.15) is 4.98 Å². The minimum Gasteiger partial charge on any atom is -0.365 e. The quantitative estimate of drug-likeness (QED) is 0.594. The Morgan fingerprint density at radius 2 is 2.22 bits per heavy atom. The van der Waals surface area contributed by atoms with Gasteiger partial charge in [-0.25, -0.2) is 10.8 Å². The smallest absolute Gasteiger partial charge is 0.239 e. The Morgan fingerprint density at radius 3 is 2.94 bits per heavy atom. The molecule has 1 aromatic heterocycles. The highest BCUT2D eigenvalue weighted by Crippen LogP contribution is 2.20. The van der Waals surface area contributed by atoms with Crippen LogP contribution in [0, 0.1) is 0 Å². The number of nitrogen functional groups attached to an aromatic ring is 1. The van der Waals surface area contributed by atoms with Gasteiger partial charge in [-0.1, -0.05) is 39.7 Å². The fraction of sp³-hybridized carbons (Fsp3) is 0.0909. The van der Waals surface area contributed by atoms with Crippen molar-refractivity contribution in [2.45, 2.75) is 6.54 Å². The summed E-state index contributed by atoms with van der Waals surface area (Å²) in [5.41, 5.74) is 3.49. The molecule has 1 aromatic carbocycles. The summed E-state index contributed by atoms with van der Waals surface area (Å²) < 4.78 is 1.03. The highest BCUT2D eigenvalue weighted by Gasteiger charge is 2.04. The van der Waals surface area contributed by atoms with Crippen LogP contribution in [0.3, 0.4) is 0 Å². The van der Waals surface area contributed by atoms with Gasteiger partial charge in [0, 0.05) is 11.0 Å². The number of rotatable bonds is 4. The molecule has 7 heteroatoms. The molecule has 0 radical (unpaired) electrons. The largest absolute Gasteiger partial charge is 0.365 e. The van der Waals surface area contributed by atoms with E-state index in [0.717, 1.165) is 10.0 Å². The molecule has 0 saturated heterocycles. The normalized spacial score (nSPS) is 10.2. The molecule has 1 heterocycles. The van der Waals surface area contributed by atoms with Crippen molar-refractivity contribution < 1.29 is 0 Å². The summed E-state index contributed by atoms with van der Waals surface area (Å²) in [7, 11) is 0. The molecule has 4 N–H and O–H groups in total. The molecule has 5 nitrogen and oxygen atoms in total. The zero-order valence-corrected chi connectivity index (χ0v) is 11.7. The van der Waals surface area contributed by atoms with E-state index < -0.39 is 0 Å². The van der Waals surface area contributed by atoms with Crippen LogP contribution in [0.4, 0.5) is 11.8 Å². The van der Waals surface area contributed by atoms with Crippen molar-refractivity contribution in [2.24, 2.45) is 5.84 Å². The van der Waals surface area contributed by atoms with E-state index >= 15 is 0 Å². The Labute approximate surface area is 118 Å². The van der Waals surface area contributed by atoms with Crippen molar-refractivity contribution in [1.82, 2.24) is 9.97 Å². The van der Waals surface area contributed by atoms with Crippen molar-refractivity contribution in [3.05, 3.63) is 45.5 Å². The van der Waals surface area contributed by atoms with Crippen molar-refractivity contribution in [3.8, 4) is 0 Å². The topological polar surface area (TPSA) is 75.9 Å². The second-order valence-corrected chi connectivity index (χ2v) is 4.84. The minimum atomic E-state index is 0.316. The molecule has 94 valence electrons. The van der Waals surface area contributed by atoms with Crippen molar-refractivity contribution in [3.63, 3.8) is 0 Å². The fourth-order valence-corrected chi connectivity index (χ4v) is 2.00. The first-order valence-electron chi connectivity index (χ1n) is 5.16. The monoisotopic (exact) mass is 327 g/mol. The third-order valence-electron chi connectivity index (χ3n) is 2.22. The molecule has 0 spiro atoms. The van der Waals surface area contributed by atoms with Crippen LogP contribution in [0.25, 0.3) is 0 Å². The van der Waals surface area contributed by atoms with E-state index in [1.54, 1.807) is 0 Å². The number of nitrogens with zero attached hydrogens (tertiary/aromatic N) is 2. The Balaban J connectivity index is 2.10. The molecular formula is C11H11BrClN5. The molecule has 2 aromatic rings. The first-order valence-corrected chi connectivity index (χ1v) is 6.33. The molecule has 2 rings (SSSR count). The average Bonchev–Trinajstić information content (AvgIpc) is 2.38. The van der Waals surface area contributed by atoms with Crippen LogP contribution in [0.5, 0.6) is 0 Å². The third-order valence-corrected chi connectivity index (χ3v) is 2.99. The molecule has 0 saturated carbocycles. The van der Waals surface area contributed by atoms with Gasteiger partial charge in [0.15, 0.2) is 5.82 Å². The summed E-state index contributed by atoms with van der Waals surface area (Å²) in [5, 5.41) is 3.58. The second kappa shape index (κ2) is 5.99. The highest BCUT2D eigenvalue weighted by molar-refractivity contribution is 9.10. The van der Waals surface area contributed by atoms with Gasteiger partial charge >= 0.3 is 0 Å². The van der Waals surface area contributed by atoms with Crippen molar-refractivity contribution in [1.29, 1.82) is 0 Å². The Hall–Kier alpha value is -1.37. The van der Waals surface area contributed by atoms with E-state index in [1.807, 2.05) is 24.3 Å². The molecule has 0 atom stereocenters. The first-order chi connectivity index (χ1) is 8.69. The van der Waals surface area contributed by atoms with Crippen molar-refractivity contribution in [2.75, 3.05) is 10.7 Å². The highest BCUT2D eigenvalue weighted by atomic mass is 79.9. The minimum absolute atomic E-state index is 0.316. The summed E-state index contributed by atoms with van der Waals surface area (Å²) in [5.74, 6) is 6.10. The molecule has 18 heavy (non-hydrogen) atoms.